The van der Waals surface area contributed by atoms with Gasteiger partial charge in [-0.3, -0.25) is 14.1 Å². The van der Waals surface area contributed by atoms with Gasteiger partial charge in [-0.05, 0) is 0 Å². The third-order valence-electron chi connectivity index (χ3n) is 2.30. The van der Waals surface area contributed by atoms with Gasteiger partial charge < -0.3 is 0 Å². The van der Waals surface area contributed by atoms with Crippen molar-refractivity contribution in [1.29, 1.82) is 0 Å². The normalized spacial score (nSPS) is 15.2. The Balaban J connectivity index is -0.000000101. The molecule has 0 spiro atoms. The molecule has 1 aliphatic carbocycles. The summed E-state index contributed by atoms with van der Waals surface area (Å²) >= 11 is 3.64. The van der Waals surface area contributed by atoms with E-state index in [1.54, 1.807) is 0 Å². The van der Waals surface area contributed by atoms with Gasteiger partial charge >= 0.3 is 51.4 Å². The third-order valence-corrected chi connectivity index (χ3v) is 3.05. The van der Waals surface area contributed by atoms with Crippen molar-refractivity contribution in [3.8, 4) is 0 Å². The molecular formula is C7H18BBrF3K. The molecule has 1 rings (SSSR count). The first-order valence-electron chi connectivity index (χ1n) is 3.95. The van der Waals surface area contributed by atoms with Crippen LogP contribution in [0.25, 0.3) is 0 Å². The third kappa shape index (κ3) is 10.3. The molecule has 1 aliphatic rings. The fourth-order valence-corrected chi connectivity index (χ4v) is 2.12. The van der Waals surface area contributed by atoms with E-state index in [4.69, 9.17) is 0 Å². The zero-order valence-electron chi connectivity index (χ0n) is 7.29. The second-order valence-electron chi connectivity index (χ2n) is 3.08. The first-order chi connectivity index (χ1) is 4.30. The van der Waals surface area contributed by atoms with Crippen molar-refractivity contribution < 1.29 is 14.1 Å². The molecule has 0 heterocycles. The molecule has 0 bridgehead atoms. The molecule has 0 aromatic rings. The van der Waals surface area contributed by atoms with Crippen molar-refractivity contribution in [3.05, 3.63) is 0 Å². The van der Waals surface area contributed by atoms with Gasteiger partial charge in [0.25, 0.3) is 0 Å². The Bertz CT molecular complexity index is 91.8. The fraction of sp³-hybridized carbons (Fsp3) is 1.00. The van der Waals surface area contributed by atoms with E-state index in [0.717, 1.165) is 11.4 Å². The molecule has 0 aromatic carbocycles. The molecule has 78 valence electrons. The van der Waals surface area contributed by atoms with E-state index in [9.17, 15) is 0 Å². The van der Waals surface area contributed by atoms with Gasteiger partial charge in [0.2, 0.25) is 5.54 Å². The van der Waals surface area contributed by atoms with Crippen LogP contribution >= 0.6 is 15.8 Å². The van der Waals surface area contributed by atoms with Crippen LogP contribution in [0.2, 0.25) is 12.6 Å². The number of halogens is 4. The topological polar surface area (TPSA) is 0 Å². The molecule has 13 heavy (non-hydrogen) atoms. The number of rotatable bonds is 1. The summed E-state index contributed by atoms with van der Waals surface area (Å²) < 4.78 is 0. The minimum absolute atomic E-state index is 0. The predicted octanol–water partition coefficient (Wildman–Crippen LogP) is 3.15. The van der Waals surface area contributed by atoms with E-state index in [-0.39, 0.29) is 65.5 Å². The summed E-state index contributed by atoms with van der Waals surface area (Å²) in [6.45, 7) is 2.27. The zero-order chi connectivity index (χ0) is 6.69. The summed E-state index contributed by atoms with van der Waals surface area (Å²) in [5, 5.41) is 0. The quantitative estimate of drug-likeness (QED) is 0.650. The van der Waals surface area contributed by atoms with Gasteiger partial charge in [-0.15, -0.1) is 0 Å². The first kappa shape index (κ1) is 24.3. The summed E-state index contributed by atoms with van der Waals surface area (Å²) in [6.07, 6.45) is 7.29. The molecule has 0 saturated heterocycles. The SMILES string of the molecule is CB(Br)C1CCCCC1.F.F.F.[KH]. The Morgan fingerprint density at radius 1 is 1.00 bits per heavy atom. The van der Waals surface area contributed by atoms with E-state index in [1.165, 1.54) is 32.1 Å². The van der Waals surface area contributed by atoms with Gasteiger partial charge in [0.05, 0.1) is 0 Å². The van der Waals surface area contributed by atoms with Crippen molar-refractivity contribution in [2.75, 3.05) is 0 Å². The Hall–Kier alpha value is 1.97. The summed E-state index contributed by atoms with van der Waals surface area (Å²) in [4.78, 5) is 0. The van der Waals surface area contributed by atoms with Crippen LogP contribution < -0.4 is 0 Å². The Labute approximate surface area is 130 Å². The Morgan fingerprint density at radius 2 is 1.38 bits per heavy atom. The molecule has 0 N–H and O–H groups in total. The van der Waals surface area contributed by atoms with Gasteiger partial charge in [0, 0.05) is 0 Å². The van der Waals surface area contributed by atoms with Crippen molar-refractivity contribution in [2.45, 2.75) is 44.7 Å². The van der Waals surface area contributed by atoms with Crippen LogP contribution in [0.3, 0.4) is 0 Å². The van der Waals surface area contributed by atoms with E-state index in [0.29, 0.717) is 0 Å². The second kappa shape index (κ2) is 14.0. The van der Waals surface area contributed by atoms with E-state index >= 15 is 0 Å². The van der Waals surface area contributed by atoms with Crippen LogP contribution in [0.4, 0.5) is 14.1 Å². The monoisotopic (exact) mass is 288 g/mol. The van der Waals surface area contributed by atoms with Gasteiger partial charge in [-0.25, -0.2) is 0 Å². The van der Waals surface area contributed by atoms with Crippen LogP contribution in [0.5, 0.6) is 0 Å². The van der Waals surface area contributed by atoms with E-state index in [2.05, 4.69) is 22.6 Å². The molecule has 0 amide bonds. The number of hydrogen-bond acceptors (Lipinski definition) is 0. The van der Waals surface area contributed by atoms with E-state index in [1.807, 2.05) is 0 Å². The summed E-state index contributed by atoms with van der Waals surface area (Å²) in [5.74, 6) is 0.971. The van der Waals surface area contributed by atoms with Crippen LogP contribution in [0.1, 0.15) is 32.1 Å². The summed E-state index contributed by atoms with van der Waals surface area (Å²) in [7, 11) is 0. The molecule has 0 aliphatic heterocycles. The molecule has 0 atom stereocenters. The van der Waals surface area contributed by atoms with Gasteiger partial charge in [-0.1, -0.05) is 44.7 Å². The van der Waals surface area contributed by atoms with Crippen molar-refractivity contribution in [1.82, 2.24) is 0 Å². The average molecular weight is 289 g/mol. The summed E-state index contributed by atoms with van der Waals surface area (Å²) in [5.41, 5.74) is 0.748. The van der Waals surface area contributed by atoms with E-state index < -0.39 is 0 Å². The van der Waals surface area contributed by atoms with Gasteiger partial charge in [-0.2, -0.15) is 15.8 Å². The first-order valence-corrected chi connectivity index (χ1v) is 4.86. The van der Waals surface area contributed by atoms with Crippen LogP contribution in [-0.2, 0) is 0 Å². The molecule has 1 saturated carbocycles. The molecular weight excluding hydrogens is 271 g/mol. The Morgan fingerprint density at radius 3 is 1.62 bits per heavy atom. The standard InChI is InChI=1S/C7H14BBr.3FH.K.H/c1-8(9)7-5-3-2-4-6-7;;;;;/h7H,2-6H2,1H3;3*1H;;. The molecule has 0 unspecified atom stereocenters. The molecule has 6 heteroatoms. The van der Waals surface area contributed by atoms with Crippen molar-refractivity contribution in [2.24, 2.45) is 0 Å². The zero-order valence-corrected chi connectivity index (χ0v) is 8.88. The summed E-state index contributed by atoms with van der Waals surface area (Å²) in [6, 6.07) is 0. The van der Waals surface area contributed by atoms with Gasteiger partial charge in [0.1, 0.15) is 0 Å². The molecule has 0 nitrogen and oxygen atoms in total. The minimum atomic E-state index is 0. The molecule has 1 fully saturated rings. The van der Waals surface area contributed by atoms with Crippen molar-refractivity contribution >= 4 is 72.7 Å². The van der Waals surface area contributed by atoms with Crippen LogP contribution in [-0.4, -0.2) is 56.9 Å². The Kier molecular flexibility index (Phi) is 26.1. The van der Waals surface area contributed by atoms with Crippen LogP contribution in [0, 0.1) is 0 Å². The fourth-order valence-electron chi connectivity index (χ4n) is 1.59. The molecule has 0 radical (unpaired) electrons. The molecule has 0 aromatic heterocycles. The number of hydrogen-bond donors (Lipinski definition) is 0. The average Bonchev–Trinajstić information content (AvgIpc) is 1.90. The predicted molar refractivity (Wildman–Crippen MR) is 62.0 cm³/mol. The van der Waals surface area contributed by atoms with Crippen LogP contribution in [0.15, 0.2) is 0 Å². The maximum atomic E-state index is 3.64. The van der Waals surface area contributed by atoms with Crippen molar-refractivity contribution in [3.63, 3.8) is 0 Å². The van der Waals surface area contributed by atoms with Gasteiger partial charge in [0.15, 0.2) is 0 Å². The maximum absolute atomic E-state index is 3.64. The second-order valence-corrected chi connectivity index (χ2v) is 4.52.